The van der Waals surface area contributed by atoms with Gasteiger partial charge in [-0.05, 0) is 12.1 Å². The van der Waals surface area contributed by atoms with E-state index in [-0.39, 0.29) is 11.5 Å². The number of anilines is 1. The van der Waals surface area contributed by atoms with Crippen molar-refractivity contribution in [2.75, 3.05) is 11.4 Å². The van der Waals surface area contributed by atoms with E-state index in [1.54, 1.807) is 23.1 Å². The molecule has 0 spiro atoms. The van der Waals surface area contributed by atoms with Crippen LogP contribution in [0.5, 0.6) is 0 Å². The molecule has 0 saturated carbocycles. The Bertz CT molecular complexity index is 730. The average Bonchev–Trinajstić information content (AvgIpc) is 2.53. The van der Waals surface area contributed by atoms with Gasteiger partial charge >= 0.3 is 0 Å². The van der Waals surface area contributed by atoms with E-state index in [4.69, 9.17) is 5.21 Å². The predicted molar refractivity (Wildman–Crippen MR) is 75.3 cm³/mol. The quantitative estimate of drug-likeness (QED) is 0.646. The highest BCUT2D eigenvalue weighted by Gasteiger charge is 2.27. The zero-order valence-electron chi connectivity index (χ0n) is 11.0. The van der Waals surface area contributed by atoms with Gasteiger partial charge in [0.15, 0.2) is 0 Å². The Kier molecular flexibility index (Phi) is 3.35. The number of pyridine rings is 1. The zero-order valence-corrected chi connectivity index (χ0v) is 11.0. The molecule has 0 aliphatic carbocycles. The fraction of sp³-hybridized carbons (Fsp3) is 0.133. The smallest absolute Gasteiger partial charge is 0.259 e. The van der Waals surface area contributed by atoms with Crippen LogP contribution in [0.25, 0.3) is 0 Å². The number of para-hydroxylation sites is 1. The van der Waals surface area contributed by atoms with Crippen LogP contribution < -0.4 is 4.90 Å². The molecule has 0 saturated heterocycles. The molecule has 1 aliphatic rings. The van der Waals surface area contributed by atoms with E-state index in [2.05, 4.69) is 10.1 Å². The Labute approximate surface area is 120 Å². The van der Waals surface area contributed by atoms with Crippen LogP contribution in [0.15, 0.2) is 47.9 Å². The van der Waals surface area contributed by atoms with E-state index in [1.807, 2.05) is 6.07 Å². The van der Waals surface area contributed by atoms with Crippen LogP contribution in [0.2, 0.25) is 0 Å². The molecule has 21 heavy (non-hydrogen) atoms. The number of carbonyl (C=O) groups excluding carboxylic acids is 1. The van der Waals surface area contributed by atoms with Crippen LogP contribution in [-0.4, -0.2) is 28.4 Å². The third-order valence-electron chi connectivity index (χ3n) is 3.40. The Hall–Kier alpha value is -2.76. The van der Waals surface area contributed by atoms with Crippen molar-refractivity contribution in [1.82, 2.24) is 4.98 Å². The highest BCUT2D eigenvalue weighted by Crippen LogP contribution is 2.28. The molecule has 2 heterocycles. The minimum atomic E-state index is -0.552. The first-order valence-corrected chi connectivity index (χ1v) is 6.43. The lowest BCUT2D eigenvalue weighted by atomic mass is 9.99. The van der Waals surface area contributed by atoms with E-state index < -0.39 is 5.82 Å². The van der Waals surface area contributed by atoms with Gasteiger partial charge in [0.05, 0.1) is 23.2 Å². The van der Waals surface area contributed by atoms with Crippen LogP contribution in [0.1, 0.15) is 22.3 Å². The van der Waals surface area contributed by atoms with Gasteiger partial charge in [0.2, 0.25) is 0 Å². The second kappa shape index (κ2) is 5.32. The Morgan fingerprint density at radius 1 is 1.33 bits per heavy atom. The van der Waals surface area contributed by atoms with Gasteiger partial charge in [-0.25, -0.2) is 4.39 Å². The first-order valence-electron chi connectivity index (χ1n) is 6.43. The number of rotatable bonds is 1. The summed E-state index contributed by atoms with van der Waals surface area (Å²) >= 11 is 0. The summed E-state index contributed by atoms with van der Waals surface area (Å²) < 4.78 is 13.2. The Morgan fingerprint density at radius 3 is 2.90 bits per heavy atom. The summed E-state index contributed by atoms with van der Waals surface area (Å²) in [5.41, 5.74) is 2.07. The lowest BCUT2D eigenvalue weighted by Gasteiger charge is -2.29. The van der Waals surface area contributed by atoms with Crippen molar-refractivity contribution < 1.29 is 14.4 Å². The Balaban J connectivity index is 2.02. The van der Waals surface area contributed by atoms with Crippen LogP contribution in [0.3, 0.4) is 0 Å². The minimum Gasteiger partial charge on any atom is -0.411 e. The molecule has 3 rings (SSSR count). The van der Waals surface area contributed by atoms with E-state index in [9.17, 15) is 9.18 Å². The number of halogens is 1. The first kappa shape index (κ1) is 13.2. The second-order valence-corrected chi connectivity index (χ2v) is 4.66. The number of fused-ring (bicyclic) bond motifs is 1. The van der Waals surface area contributed by atoms with Crippen molar-refractivity contribution in [2.24, 2.45) is 5.16 Å². The molecule has 1 amide bonds. The maximum Gasteiger partial charge on any atom is 0.259 e. The summed E-state index contributed by atoms with van der Waals surface area (Å²) in [5.74, 6) is -0.879. The molecule has 0 fully saturated rings. The molecule has 106 valence electrons. The number of nitrogens with zero attached hydrogens (tertiary/aromatic N) is 3. The van der Waals surface area contributed by atoms with Gasteiger partial charge in [0.25, 0.3) is 5.91 Å². The molecule has 0 atom stereocenters. The second-order valence-electron chi connectivity index (χ2n) is 4.66. The molecule has 0 unspecified atom stereocenters. The van der Waals surface area contributed by atoms with E-state index >= 15 is 0 Å². The number of benzene rings is 1. The van der Waals surface area contributed by atoms with Gasteiger partial charge in [0.1, 0.15) is 5.82 Å². The van der Waals surface area contributed by atoms with Crippen molar-refractivity contribution in [3.63, 3.8) is 0 Å². The molecule has 1 N–H and O–H groups in total. The highest BCUT2D eigenvalue weighted by atomic mass is 19.1. The van der Waals surface area contributed by atoms with E-state index in [0.717, 1.165) is 12.3 Å². The lowest BCUT2D eigenvalue weighted by molar-refractivity contribution is 0.0986. The van der Waals surface area contributed by atoms with Crippen molar-refractivity contribution in [1.29, 1.82) is 0 Å². The number of carbonyl (C=O) groups is 1. The summed E-state index contributed by atoms with van der Waals surface area (Å²) in [6.07, 6.45) is 2.82. The van der Waals surface area contributed by atoms with E-state index in [1.165, 1.54) is 6.20 Å². The molecule has 1 aliphatic heterocycles. The molecular weight excluding hydrogens is 273 g/mol. The normalized spacial score (nSPS) is 15.9. The molecule has 0 bridgehead atoms. The maximum atomic E-state index is 13.2. The van der Waals surface area contributed by atoms with Crippen molar-refractivity contribution >= 4 is 17.3 Å². The molecule has 1 aromatic heterocycles. The molecule has 5 nitrogen and oxygen atoms in total. The van der Waals surface area contributed by atoms with Gasteiger partial charge in [-0.15, -0.1) is 0 Å². The Morgan fingerprint density at radius 2 is 2.14 bits per heavy atom. The third kappa shape index (κ3) is 2.35. The van der Waals surface area contributed by atoms with Gasteiger partial charge in [-0.3, -0.25) is 9.78 Å². The molecule has 0 radical (unpaired) electrons. The standard InChI is InChI=1S/C15H12FN3O2/c16-11-7-10(8-17-9-11)15(20)19-6-5-13(18-21)12-3-1-2-4-14(12)19/h1-4,7-9,21H,5-6H2/b18-13-. The van der Waals surface area contributed by atoms with Gasteiger partial charge in [-0.2, -0.15) is 0 Å². The van der Waals surface area contributed by atoms with Crippen LogP contribution in [0.4, 0.5) is 10.1 Å². The number of aromatic nitrogens is 1. The number of hydrogen-bond donors (Lipinski definition) is 1. The van der Waals surface area contributed by atoms with Crippen LogP contribution >= 0.6 is 0 Å². The topological polar surface area (TPSA) is 65.8 Å². The largest absolute Gasteiger partial charge is 0.411 e. The summed E-state index contributed by atoms with van der Waals surface area (Å²) in [5, 5.41) is 12.3. The van der Waals surface area contributed by atoms with Gasteiger partial charge in [-0.1, -0.05) is 23.4 Å². The first-order chi connectivity index (χ1) is 10.2. The lowest BCUT2D eigenvalue weighted by Crippen LogP contribution is -2.37. The van der Waals surface area contributed by atoms with Gasteiger partial charge in [0, 0.05) is 24.7 Å². The number of hydrogen-bond acceptors (Lipinski definition) is 4. The van der Waals surface area contributed by atoms with Crippen molar-refractivity contribution in [2.45, 2.75) is 6.42 Å². The van der Waals surface area contributed by atoms with Crippen LogP contribution in [-0.2, 0) is 0 Å². The molecule has 6 heteroatoms. The zero-order chi connectivity index (χ0) is 14.8. The predicted octanol–water partition coefficient (Wildman–Crippen LogP) is 2.45. The SMILES string of the molecule is O=C(c1cncc(F)c1)N1CC/C(=N/O)c2ccccc21. The summed E-state index contributed by atoms with van der Waals surface area (Å²) in [7, 11) is 0. The van der Waals surface area contributed by atoms with Crippen molar-refractivity contribution in [3.8, 4) is 0 Å². The average molecular weight is 285 g/mol. The minimum absolute atomic E-state index is 0.189. The fourth-order valence-electron chi connectivity index (χ4n) is 2.43. The molecule has 2 aromatic rings. The summed E-state index contributed by atoms with van der Waals surface area (Å²) in [6.45, 7) is 0.367. The highest BCUT2D eigenvalue weighted by molar-refractivity contribution is 6.14. The third-order valence-corrected chi connectivity index (χ3v) is 3.40. The van der Waals surface area contributed by atoms with Crippen LogP contribution in [0, 0.1) is 5.82 Å². The van der Waals surface area contributed by atoms with Gasteiger partial charge < -0.3 is 10.1 Å². The molecular formula is C15H12FN3O2. The number of oxime groups is 1. The number of amides is 1. The van der Waals surface area contributed by atoms with E-state index in [0.29, 0.717) is 29.9 Å². The molecule has 1 aromatic carbocycles. The van der Waals surface area contributed by atoms with Crippen molar-refractivity contribution in [3.05, 3.63) is 59.7 Å². The summed E-state index contributed by atoms with van der Waals surface area (Å²) in [4.78, 5) is 17.8. The monoisotopic (exact) mass is 285 g/mol. The maximum absolute atomic E-state index is 13.2. The summed E-state index contributed by atoms with van der Waals surface area (Å²) in [6, 6.07) is 8.32. The fourth-order valence-corrected chi connectivity index (χ4v) is 2.43.